The van der Waals surface area contributed by atoms with Crippen LogP contribution in [0.15, 0.2) is 0 Å². The molecule has 17 nitrogen and oxygen atoms in total. The lowest BCUT2D eigenvalue weighted by atomic mass is 10.00. The van der Waals surface area contributed by atoms with E-state index in [2.05, 4.69) is 41.5 Å². The van der Waals surface area contributed by atoms with Gasteiger partial charge in [0.15, 0.2) is 12.2 Å². The van der Waals surface area contributed by atoms with Crippen LogP contribution in [-0.4, -0.2) is 96.7 Å². The fraction of sp³-hybridized carbons (Fsp3) is 0.939. The Kier molecular flexibility index (Phi) is 57.1. The van der Waals surface area contributed by atoms with Gasteiger partial charge in [0, 0.05) is 25.7 Å². The number of carbonyl (C=O) groups excluding carboxylic acids is 4. The molecule has 85 heavy (non-hydrogen) atoms. The van der Waals surface area contributed by atoms with Gasteiger partial charge in [-0.15, -0.1) is 0 Å². The van der Waals surface area contributed by atoms with Gasteiger partial charge in [0.2, 0.25) is 0 Å². The second kappa shape index (κ2) is 58.4. The first-order valence-electron chi connectivity index (χ1n) is 34.5. The van der Waals surface area contributed by atoms with Crippen LogP contribution >= 0.6 is 15.6 Å². The normalized spacial score (nSPS) is 14.6. The summed E-state index contributed by atoms with van der Waals surface area (Å²) in [6, 6.07) is 0. The second-order valence-electron chi connectivity index (χ2n) is 24.6. The molecule has 504 valence electrons. The van der Waals surface area contributed by atoms with Crippen LogP contribution in [0.4, 0.5) is 0 Å². The topological polar surface area (TPSA) is 237 Å². The molecular weight excluding hydrogens is 1130 g/mol. The summed E-state index contributed by atoms with van der Waals surface area (Å²) in [5, 5.41) is 10.5. The molecule has 0 amide bonds. The number of carbonyl (C=O) groups is 4. The predicted octanol–water partition coefficient (Wildman–Crippen LogP) is 18.4. The molecule has 0 saturated heterocycles. The molecule has 0 rings (SSSR count). The lowest BCUT2D eigenvalue weighted by Gasteiger charge is -2.21. The molecule has 0 saturated carbocycles. The van der Waals surface area contributed by atoms with E-state index in [4.69, 9.17) is 37.0 Å². The van der Waals surface area contributed by atoms with Crippen LogP contribution in [0.1, 0.15) is 330 Å². The molecule has 0 bridgehead atoms. The number of ether oxygens (including phenoxy) is 4. The number of hydrogen-bond acceptors (Lipinski definition) is 15. The molecule has 0 fully saturated rings. The first kappa shape index (κ1) is 83.1. The van der Waals surface area contributed by atoms with E-state index in [9.17, 15) is 43.2 Å². The van der Waals surface area contributed by atoms with E-state index in [0.717, 1.165) is 108 Å². The van der Waals surface area contributed by atoms with Gasteiger partial charge >= 0.3 is 39.5 Å². The van der Waals surface area contributed by atoms with Crippen molar-refractivity contribution in [3.05, 3.63) is 0 Å². The summed E-state index contributed by atoms with van der Waals surface area (Å²) in [6.07, 6.45) is 41.6. The zero-order valence-electron chi connectivity index (χ0n) is 54.9. The summed E-state index contributed by atoms with van der Waals surface area (Å²) in [7, 11) is -9.89. The highest BCUT2D eigenvalue weighted by Crippen LogP contribution is 2.45. The van der Waals surface area contributed by atoms with E-state index < -0.39 is 97.5 Å². The monoisotopic (exact) mass is 1250 g/mol. The van der Waals surface area contributed by atoms with Crippen molar-refractivity contribution in [1.29, 1.82) is 0 Å². The average Bonchev–Trinajstić information content (AvgIpc) is 3.56. The highest BCUT2D eigenvalue weighted by atomic mass is 31.2. The minimum Gasteiger partial charge on any atom is -0.462 e. The highest BCUT2D eigenvalue weighted by Gasteiger charge is 2.30. The van der Waals surface area contributed by atoms with E-state index in [-0.39, 0.29) is 25.7 Å². The third-order valence-electron chi connectivity index (χ3n) is 15.6. The fourth-order valence-corrected chi connectivity index (χ4v) is 11.4. The quantitative estimate of drug-likeness (QED) is 0.0222. The Bertz CT molecular complexity index is 1670. The summed E-state index contributed by atoms with van der Waals surface area (Å²) in [5.74, 6) is -0.615. The van der Waals surface area contributed by atoms with Gasteiger partial charge in [-0.25, -0.2) is 9.13 Å². The van der Waals surface area contributed by atoms with Crippen molar-refractivity contribution in [2.24, 2.45) is 11.8 Å². The Labute approximate surface area is 517 Å². The van der Waals surface area contributed by atoms with Gasteiger partial charge in [0.25, 0.3) is 0 Å². The van der Waals surface area contributed by atoms with Gasteiger partial charge in [-0.05, 0) is 37.5 Å². The van der Waals surface area contributed by atoms with Gasteiger partial charge in [0.1, 0.15) is 19.3 Å². The molecule has 0 aromatic rings. The Hall–Kier alpha value is -1.94. The maximum Gasteiger partial charge on any atom is 0.472 e. The van der Waals surface area contributed by atoms with Crippen LogP contribution in [0.25, 0.3) is 0 Å². The van der Waals surface area contributed by atoms with Gasteiger partial charge in [0.05, 0.1) is 26.4 Å². The second-order valence-corrected chi connectivity index (χ2v) is 27.5. The van der Waals surface area contributed by atoms with Crippen LogP contribution in [0, 0.1) is 11.8 Å². The predicted molar refractivity (Wildman–Crippen MR) is 340 cm³/mol. The number of phosphoric acid groups is 2. The summed E-state index contributed by atoms with van der Waals surface area (Å²) in [5.41, 5.74) is 0. The zero-order valence-corrected chi connectivity index (χ0v) is 56.7. The smallest absolute Gasteiger partial charge is 0.462 e. The molecule has 3 unspecified atom stereocenters. The van der Waals surface area contributed by atoms with Crippen molar-refractivity contribution in [3.63, 3.8) is 0 Å². The molecule has 0 aromatic heterocycles. The van der Waals surface area contributed by atoms with E-state index in [1.54, 1.807) is 0 Å². The molecular formula is C66H128O17P2. The average molecular weight is 1260 g/mol. The van der Waals surface area contributed by atoms with Crippen LogP contribution in [0.5, 0.6) is 0 Å². The van der Waals surface area contributed by atoms with E-state index in [0.29, 0.717) is 25.7 Å². The number of esters is 4. The van der Waals surface area contributed by atoms with Crippen LogP contribution in [0.2, 0.25) is 0 Å². The number of hydrogen-bond donors (Lipinski definition) is 3. The van der Waals surface area contributed by atoms with Crippen LogP contribution in [-0.2, 0) is 65.4 Å². The maximum absolute atomic E-state index is 13.0. The maximum atomic E-state index is 13.0. The lowest BCUT2D eigenvalue weighted by Crippen LogP contribution is -2.30. The van der Waals surface area contributed by atoms with E-state index in [1.165, 1.54) is 141 Å². The van der Waals surface area contributed by atoms with E-state index in [1.807, 2.05) is 0 Å². The fourth-order valence-electron chi connectivity index (χ4n) is 9.85. The largest absolute Gasteiger partial charge is 0.472 e. The summed E-state index contributed by atoms with van der Waals surface area (Å²) in [6.45, 7) is 9.47. The summed E-state index contributed by atoms with van der Waals surface area (Å²) in [4.78, 5) is 72.2. The van der Waals surface area contributed by atoms with Gasteiger partial charge in [-0.3, -0.25) is 37.3 Å². The van der Waals surface area contributed by atoms with Crippen LogP contribution < -0.4 is 0 Å². The Morgan fingerprint density at radius 1 is 0.341 bits per heavy atom. The molecule has 19 heteroatoms. The third-order valence-corrected chi connectivity index (χ3v) is 17.5. The number of phosphoric ester groups is 2. The number of aliphatic hydroxyl groups excluding tert-OH is 1. The minimum absolute atomic E-state index is 0.106. The summed E-state index contributed by atoms with van der Waals surface area (Å²) >= 11 is 0. The number of unbranched alkanes of at least 4 members (excludes halogenated alkanes) is 34. The van der Waals surface area contributed by atoms with Crippen molar-refractivity contribution < 1.29 is 80.2 Å². The van der Waals surface area contributed by atoms with Gasteiger partial charge < -0.3 is 33.8 Å². The van der Waals surface area contributed by atoms with Crippen molar-refractivity contribution in [2.75, 3.05) is 39.6 Å². The number of aliphatic hydroxyl groups is 1. The first-order valence-corrected chi connectivity index (χ1v) is 37.5. The number of rotatable bonds is 65. The standard InChI is InChI=1S/C66H128O17P2/c1-7-10-12-14-16-18-26-30-38-44-50-65(70)82-61(54-76-63(68)48-42-36-29-24-17-15-13-11-8-2)56-80-84(72,73)78-52-60(67)53-79-85(74,75)81-57-62(55-77-64(69)49-43-37-33-32-35-41-47-59(6)9-3)83-66(71)51-45-39-31-27-23-21-19-20-22-25-28-34-40-46-58(4)5/h58-62,67H,7-57H2,1-6H3,(H,72,73)(H,74,75)/t59?,60-,61+,62+/m0/s1. The Morgan fingerprint density at radius 2 is 0.600 bits per heavy atom. The zero-order chi connectivity index (χ0) is 62.9. The lowest BCUT2D eigenvalue weighted by molar-refractivity contribution is -0.161. The van der Waals surface area contributed by atoms with Crippen molar-refractivity contribution in [3.8, 4) is 0 Å². The molecule has 0 spiro atoms. The molecule has 0 aliphatic rings. The van der Waals surface area contributed by atoms with E-state index >= 15 is 0 Å². The Morgan fingerprint density at radius 3 is 0.894 bits per heavy atom. The molecule has 0 aromatic carbocycles. The SMILES string of the molecule is CCCCCCCCCCCCC(=O)O[C@H](COC(=O)CCCCCCCCCCC)COP(=O)(O)OC[C@H](O)COP(=O)(O)OC[C@@H](COC(=O)CCCCCCCCC(C)CC)OC(=O)CCCCCCCCCCCCCCCC(C)C. The molecule has 0 radical (unpaired) electrons. The molecule has 0 aliphatic carbocycles. The van der Waals surface area contributed by atoms with Crippen molar-refractivity contribution in [2.45, 2.75) is 349 Å². The summed E-state index contributed by atoms with van der Waals surface area (Å²) < 4.78 is 68.0. The molecule has 6 atom stereocenters. The first-order chi connectivity index (χ1) is 40.9. The molecule has 3 N–H and O–H groups in total. The van der Waals surface area contributed by atoms with Gasteiger partial charge in [-0.1, -0.05) is 279 Å². The van der Waals surface area contributed by atoms with Crippen LogP contribution in [0.3, 0.4) is 0 Å². The van der Waals surface area contributed by atoms with Crippen molar-refractivity contribution >= 4 is 39.5 Å². The molecule has 0 aliphatic heterocycles. The molecule has 0 heterocycles. The highest BCUT2D eigenvalue weighted by molar-refractivity contribution is 7.47. The van der Waals surface area contributed by atoms with Gasteiger partial charge in [-0.2, -0.15) is 0 Å². The van der Waals surface area contributed by atoms with Crippen molar-refractivity contribution in [1.82, 2.24) is 0 Å². The minimum atomic E-state index is -4.95. The Balaban J connectivity index is 5.22. The third kappa shape index (κ3) is 59.5.